The van der Waals surface area contributed by atoms with Crippen molar-refractivity contribution in [1.82, 2.24) is 14.5 Å². The number of carbonyl (C=O) groups excluding carboxylic acids is 2. The molecule has 2 amide bonds. The number of rotatable bonds is 3. The molecule has 26 heavy (non-hydrogen) atoms. The first kappa shape index (κ1) is 16.4. The molecule has 2 N–H and O–H groups in total. The number of nitrogens with one attached hydrogen (secondary N) is 2. The molecule has 0 fully saturated rings. The Balaban J connectivity index is 1.61. The van der Waals surface area contributed by atoms with Crippen LogP contribution < -0.4 is 16.2 Å². The van der Waals surface area contributed by atoms with Crippen LogP contribution in [0.3, 0.4) is 0 Å². The molecule has 0 saturated heterocycles. The Kier molecular flexibility index (Phi) is 4.00. The van der Waals surface area contributed by atoms with Gasteiger partial charge in [-0.2, -0.15) is 0 Å². The number of aryl methyl sites for hydroxylation is 1. The summed E-state index contributed by atoms with van der Waals surface area (Å²) in [6, 6.07) is 5.07. The quantitative estimate of drug-likeness (QED) is 0.735. The molecule has 2 aromatic heterocycles. The summed E-state index contributed by atoms with van der Waals surface area (Å²) in [5, 5.41) is 7.66. The lowest BCUT2D eigenvalue weighted by molar-refractivity contribution is -0.114. The van der Waals surface area contributed by atoms with Gasteiger partial charge >= 0.3 is 0 Å². The van der Waals surface area contributed by atoms with Crippen molar-refractivity contribution in [2.24, 2.45) is 0 Å². The molecule has 4 rings (SSSR count). The number of fused-ring (bicyclic) bond motifs is 2. The number of aromatic nitrogens is 3. The van der Waals surface area contributed by atoms with Gasteiger partial charge < -0.3 is 10.6 Å². The molecule has 1 aromatic carbocycles. The van der Waals surface area contributed by atoms with Gasteiger partial charge in [0.15, 0.2) is 5.13 Å². The van der Waals surface area contributed by atoms with E-state index < -0.39 is 5.91 Å². The van der Waals surface area contributed by atoms with Crippen LogP contribution in [0.2, 0.25) is 0 Å². The minimum Gasteiger partial charge on any atom is -0.321 e. The number of benzene rings is 1. The Morgan fingerprint density at radius 2 is 2.08 bits per heavy atom. The molecule has 0 spiro atoms. The first-order valence-electron chi connectivity index (χ1n) is 8.09. The highest BCUT2D eigenvalue weighted by Crippen LogP contribution is 2.20. The molecule has 1 aliphatic heterocycles. The van der Waals surface area contributed by atoms with Crippen LogP contribution in [-0.4, -0.2) is 26.3 Å². The fraction of sp³-hybridized carbons (Fsp3) is 0.235. The van der Waals surface area contributed by atoms with Crippen LogP contribution in [0.1, 0.15) is 29.7 Å². The number of carbonyl (C=O) groups is 2. The van der Waals surface area contributed by atoms with Gasteiger partial charge in [0.05, 0.1) is 10.9 Å². The maximum absolute atomic E-state index is 12.6. The second-order valence-corrected chi connectivity index (χ2v) is 6.85. The first-order chi connectivity index (χ1) is 12.5. The highest BCUT2D eigenvalue weighted by Gasteiger charge is 2.17. The maximum Gasteiger partial charge on any atom is 0.275 e. The molecule has 0 radical (unpaired) electrons. The third kappa shape index (κ3) is 2.97. The zero-order valence-corrected chi connectivity index (χ0v) is 14.7. The maximum atomic E-state index is 12.6. The Hall–Kier alpha value is -3.07. The predicted molar refractivity (Wildman–Crippen MR) is 98.7 cm³/mol. The lowest BCUT2D eigenvalue weighted by Gasteiger charge is -2.07. The Morgan fingerprint density at radius 1 is 1.23 bits per heavy atom. The number of anilines is 2. The van der Waals surface area contributed by atoms with E-state index in [1.54, 1.807) is 28.1 Å². The molecule has 0 atom stereocenters. The number of hydrogen-bond donors (Lipinski definition) is 2. The van der Waals surface area contributed by atoms with Gasteiger partial charge in [0.1, 0.15) is 11.5 Å². The van der Waals surface area contributed by atoms with E-state index in [4.69, 9.17) is 0 Å². The largest absolute Gasteiger partial charge is 0.321 e. The average Bonchev–Trinajstić information content (AvgIpc) is 3.24. The first-order valence-corrected chi connectivity index (χ1v) is 8.97. The zero-order chi connectivity index (χ0) is 18.3. The Bertz CT molecular complexity index is 1100. The summed E-state index contributed by atoms with van der Waals surface area (Å²) in [7, 11) is 0. The van der Waals surface area contributed by atoms with Crippen molar-refractivity contribution in [3.63, 3.8) is 0 Å². The van der Waals surface area contributed by atoms with E-state index in [9.17, 15) is 14.4 Å². The van der Waals surface area contributed by atoms with Crippen LogP contribution in [0, 0.1) is 0 Å². The number of amides is 2. The van der Waals surface area contributed by atoms with E-state index in [0.29, 0.717) is 28.3 Å². The highest BCUT2D eigenvalue weighted by molar-refractivity contribution is 7.14. The van der Waals surface area contributed by atoms with E-state index >= 15 is 0 Å². The molecule has 0 saturated carbocycles. The van der Waals surface area contributed by atoms with Gasteiger partial charge in [0, 0.05) is 31.0 Å². The van der Waals surface area contributed by atoms with Crippen molar-refractivity contribution in [3.8, 4) is 0 Å². The second kappa shape index (κ2) is 6.34. The SMILES string of the molecule is CC(=O)Nc1nc(C(=O)Nc2ccc3nc4n(c(=O)c3c2)CCC4)cs1. The molecule has 9 heteroatoms. The summed E-state index contributed by atoms with van der Waals surface area (Å²) < 4.78 is 1.69. The zero-order valence-electron chi connectivity index (χ0n) is 13.9. The van der Waals surface area contributed by atoms with Crippen molar-refractivity contribution in [2.45, 2.75) is 26.3 Å². The summed E-state index contributed by atoms with van der Waals surface area (Å²) >= 11 is 1.17. The predicted octanol–water partition coefficient (Wildman–Crippen LogP) is 2.01. The van der Waals surface area contributed by atoms with Gasteiger partial charge in [-0.05, 0) is 24.6 Å². The second-order valence-electron chi connectivity index (χ2n) is 5.99. The van der Waals surface area contributed by atoms with Crippen molar-refractivity contribution < 1.29 is 9.59 Å². The average molecular weight is 369 g/mol. The summed E-state index contributed by atoms with van der Waals surface area (Å²) in [4.78, 5) is 44.6. The van der Waals surface area contributed by atoms with Gasteiger partial charge in [-0.3, -0.25) is 19.0 Å². The molecule has 1 aliphatic rings. The fourth-order valence-corrected chi connectivity index (χ4v) is 3.68. The van der Waals surface area contributed by atoms with E-state index in [2.05, 4.69) is 20.6 Å². The van der Waals surface area contributed by atoms with Crippen molar-refractivity contribution in [1.29, 1.82) is 0 Å². The molecule has 0 bridgehead atoms. The third-order valence-corrected chi connectivity index (χ3v) is 4.85. The van der Waals surface area contributed by atoms with Gasteiger partial charge in [-0.1, -0.05) is 0 Å². The minimum absolute atomic E-state index is 0.0831. The number of nitrogens with zero attached hydrogens (tertiary/aromatic N) is 3. The van der Waals surface area contributed by atoms with Gasteiger partial charge in [-0.25, -0.2) is 9.97 Å². The monoisotopic (exact) mass is 369 g/mol. The van der Waals surface area contributed by atoms with Crippen molar-refractivity contribution in [2.75, 3.05) is 10.6 Å². The van der Waals surface area contributed by atoms with E-state index in [0.717, 1.165) is 18.7 Å². The van der Waals surface area contributed by atoms with Crippen LogP contribution in [-0.2, 0) is 17.8 Å². The van der Waals surface area contributed by atoms with Crippen LogP contribution in [0.15, 0.2) is 28.4 Å². The molecular formula is C17H15N5O3S. The topological polar surface area (TPSA) is 106 Å². The molecule has 3 aromatic rings. The molecular weight excluding hydrogens is 354 g/mol. The molecule has 0 aliphatic carbocycles. The molecule has 3 heterocycles. The lowest BCUT2D eigenvalue weighted by atomic mass is 10.2. The summed E-state index contributed by atoms with van der Waals surface area (Å²) in [6.07, 6.45) is 1.73. The molecule has 132 valence electrons. The number of hydrogen-bond acceptors (Lipinski definition) is 6. The fourth-order valence-electron chi connectivity index (χ4n) is 2.94. The van der Waals surface area contributed by atoms with Crippen molar-refractivity contribution in [3.05, 3.63) is 45.5 Å². The van der Waals surface area contributed by atoms with Gasteiger partial charge in [-0.15, -0.1) is 11.3 Å². The normalized spacial score (nSPS) is 12.8. The standard InChI is InChI=1S/C17H15N5O3S/c1-9(23)18-17-21-13(8-26-17)15(24)19-10-4-5-12-11(7-10)16(25)22-6-2-3-14(22)20-12/h4-5,7-8H,2-3,6H2,1H3,(H,19,24)(H,18,21,23). The van der Waals surface area contributed by atoms with E-state index in [1.165, 1.54) is 18.3 Å². The summed E-state index contributed by atoms with van der Waals surface area (Å²) in [5.74, 6) is 0.153. The summed E-state index contributed by atoms with van der Waals surface area (Å²) in [6.45, 7) is 2.05. The van der Waals surface area contributed by atoms with Crippen molar-refractivity contribution >= 4 is 44.9 Å². The lowest BCUT2D eigenvalue weighted by Crippen LogP contribution is -2.21. The minimum atomic E-state index is -0.411. The third-order valence-electron chi connectivity index (χ3n) is 4.09. The van der Waals surface area contributed by atoms with E-state index in [-0.39, 0.29) is 17.2 Å². The Labute approximate surface area is 151 Å². The van der Waals surface area contributed by atoms with Crippen LogP contribution in [0.25, 0.3) is 10.9 Å². The van der Waals surface area contributed by atoms with Crippen LogP contribution in [0.4, 0.5) is 10.8 Å². The van der Waals surface area contributed by atoms with Crippen LogP contribution in [0.5, 0.6) is 0 Å². The highest BCUT2D eigenvalue weighted by atomic mass is 32.1. The molecule has 8 nitrogen and oxygen atoms in total. The molecule has 0 unspecified atom stereocenters. The van der Waals surface area contributed by atoms with Crippen LogP contribution >= 0.6 is 11.3 Å². The smallest absolute Gasteiger partial charge is 0.275 e. The van der Waals surface area contributed by atoms with Gasteiger partial charge in [0.25, 0.3) is 11.5 Å². The number of thiazole rings is 1. The van der Waals surface area contributed by atoms with E-state index in [1.807, 2.05) is 0 Å². The van der Waals surface area contributed by atoms with Gasteiger partial charge in [0.2, 0.25) is 5.91 Å². The summed E-state index contributed by atoms with van der Waals surface area (Å²) in [5.41, 5.74) is 1.24. The Morgan fingerprint density at radius 3 is 2.88 bits per heavy atom.